The molecule has 0 aromatic carbocycles. The van der Waals surface area contributed by atoms with Gasteiger partial charge in [-0.3, -0.25) is 0 Å². The molecule has 0 heterocycles. The lowest BCUT2D eigenvalue weighted by molar-refractivity contribution is 0.0478. The molecule has 1 saturated carbocycles. The molecule has 0 aromatic heterocycles. The van der Waals surface area contributed by atoms with E-state index in [9.17, 15) is 9.90 Å². The average molecular weight is 286 g/mol. The Labute approximate surface area is 122 Å². The standard InChI is InChI=1S/C15H30N2O3/c1-14(2,3)20-13(18)17-12-8-6-7-11(9-12)16-10-15(4,5)19/h11-12,16,19H,6-10H2,1-5H3,(H,17,18). The van der Waals surface area contributed by atoms with Crippen LogP contribution in [0.25, 0.3) is 0 Å². The highest BCUT2D eigenvalue weighted by atomic mass is 16.6. The molecule has 1 fully saturated rings. The Bertz CT molecular complexity index is 318. The number of carbonyl (C=O) groups is 1. The maximum atomic E-state index is 11.8. The summed E-state index contributed by atoms with van der Waals surface area (Å²) in [6.07, 6.45) is 3.69. The van der Waals surface area contributed by atoms with Crippen LogP contribution in [0.1, 0.15) is 60.3 Å². The highest BCUT2D eigenvalue weighted by molar-refractivity contribution is 5.68. The zero-order valence-electron chi connectivity index (χ0n) is 13.5. The largest absolute Gasteiger partial charge is 0.444 e. The molecule has 0 saturated heterocycles. The van der Waals surface area contributed by atoms with Crippen LogP contribution < -0.4 is 10.6 Å². The maximum absolute atomic E-state index is 11.8. The zero-order valence-corrected chi connectivity index (χ0v) is 13.5. The Morgan fingerprint density at radius 2 is 1.80 bits per heavy atom. The van der Waals surface area contributed by atoms with Crippen LogP contribution in [0.15, 0.2) is 0 Å². The topological polar surface area (TPSA) is 70.6 Å². The highest BCUT2D eigenvalue weighted by Crippen LogP contribution is 2.19. The molecule has 5 nitrogen and oxygen atoms in total. The fourth-order valence-corrected chi connectivity index (χ4v) is 2.37. The predicted octanol–water partition coefficient (Wildman–Crippen LogP) is 2.18. The first-order valence-electron chi connectivity index (χ1n) is 7.50. The number of amides is 1. The molecule has 1 aliphatic carbocycles. The zero-order chi connectivity index (χ0) is 15.4. The summed E-state index contributed by atoms with van der Waals surface area (Å²) in [5, 5.41) is 16.0. The van der Waals surface area contributed by atoms with Crippen molar-refractivity contribution in [1.29, 1.82) is 0 Å². The normalized spacial score (nSPS) is 24.3. The van der Waals surface area contributed by atoms with Gasteiger partial charge in [0.15, 0.2) is 0 Å². The van der Waals surface area contributed by atoms with Gasteiger partial charge in [-0.05, 0) is 60.3 Å². The van der Waals surface area contributed by atoms with Crippen molar-refractivity contribution in [1.82, 2.24) is 10.6 Å². The Morgan fingerprint density at radius 1 is 1.20 bits per heavy atom. The van der Waals surface area contributed by atoms with Crippen molar-refractivity contribution in [2.45, 2.75) is 83.6 Å². The third-order valence-corrected chi connectivity index (χ3v) is 3.22. The summed E-state index contributed by atoms with van der Waals surface area (Å²) < 4.78 is 5.28. The van der Waals surface area contributed by atoms with Crippen molar-refractivity contribution in [2.24, 2.45) is 0 Å². The van der Waals surface area contributed by atoms with Crippen LogP contribution in [0.2, 0.25) is 0 Å². The van der Waals surface area contributed by atoms with Crippen LogP contribution in [0.3, 0.4) is 0 Å². The summed E-state index contributed by atoms with van der Waals surface area (Å²) in [6.45, 7) is 9.73. The van der Waals surface area contributed by atoms with Gasteiger partial charge in [0, 0.05) is 18.6 Å². The number of alkyl carbamates (subject to hydrolysis) is 1. The van der Waals surface area contributed by atoms with Crippen molar-refractivity contribution in [2.75, 3.05) is 6.54 Å². The molecule has 0 bridgehead atoms. The van der Waals surface area contributed by atoms with Gasteiger partial charge in [0.2, 0.25) is 0 Å². The molecule has 0 radical (unpaired) electrons. The van der Waals surface area contributed by atoms with Crippen molar-refractivity contribution >= 4 is 6.09 Å². The number of aliphatic hydroxyl groups is 1. The number of carbonyl (C=O) groups excluding carboxylic acids is 1. The maximum Gasteiger partial charge on any atom is 0.407 e. The molecular weight excluding hydrogens is 256 g/mol. The first-order valence-corrected chi connectivity index (χ1v) is 7.50. The van der Waals surface area contributed by atoms with E-state index in [0.717, 1.165) is 25.7 Å². The summed E-state index contributed by atoms with van der Waals surface area (Å²) in [7, 11) is 0. The quantitative estimate of drug-likeness (QED) is 0.741. The van der Waals surface area contributed by atoms with E-state index in [1.54, 1.807) is 13.8 Å². The van der Waals surface area contributed by atoms with Gasteiger partial charge in [-0.25, -0.2) is 4.79 Å². The van der Waals surface area contributed by atoms with Crippen LogP contribution in [0.5, 0.6) is 0 Å². The van der Waals surface area contributed by atoms with Crippen molar-refractivity contribution in [3.8, 4) is 0 Å². The van der Waals surface area contributed by atoms with E-state index < -0.39 is 11.2 Å². The van der Waals surface area contributed by atoms with E-state index in [1.165, 1.54) is 0 Å². The number of hydrogen-bond donors (Lipinski definition) is 3. The number of rotatable bonds is 4. The molecule has 118 valence electrons. The van der Waals surface area contributed by atoms with Gasteiger partial charge in [0.25, 0.3) is 0 Å². The summed E-state index contributed by atoms with van der Waals surface area (Å²) >= 11 is 0. The molecule has 5 heteroatoms. The molecule has 2 atom stereocenters. The lowest BCUT2D eigenvalue weighted by atomic mass is 9.90. The van der Waals surface area contributed by atoms with Gasteiger partial charge >= 0.3 is 6.09 Å². The first kappa shape index (κ1) is 17.2. The second-order valence-electron chi connectivity index (χ2n) is 7.40. The van der Waals surface area contributed by atoms with E-state index in [4.69, 9.17) is 4.74 Å². The van der Waals surface area contributed by atoms with Crippen LogP contribution >= 0.6 is 0 Å². The summed E-state index contributed by atoms with van der Waals surface area (Å²) in [4.78, 5) is 11.8. The van der Waals surface area contributed by atoms with E-state index in [0.29, 0.717) is 12.6 Å². The minimum Gasteiger partial charge on any atom is -0.444 e. The van der Waals surface area contributed by atoms with Gasteiger partial charge in [0.1, 0.15) is 5.60 Å². The molecular formula is C15H30N2O3. The number of ether oxygens (including phenoxy) is 1. The van der Waals surface area contributed by atoms with Crippen molar-refractivity contribution in [3.05, 3.63) is 0 Å². The van der Waals surface area contributed by atoms with E-state index in [1.807, 2.05) is 20.8 Å². The monoisotopic (exact) mass is 286 g/mol. The fourth-order valence-electron chi connectivity index (χ4n) is 2.37. The summed E-state index contributed by atoms with van der Waals surface area (Å²) in [5.41, 5.74) is -1.16. The third kappa shape index (κ3) is 7.70. The van der Waals surface area contributed by atoms with E-state index >= 15 is 0 Å². The van der Waals surface area contributed by atoms with Gasteiger partial charge in [-0.15, -0.1) is 0 Å². The van der Waals surface area contributed by atoms with Gasteiger partial charge in [-0.2, -0.15) is 0 Å². The molecule has 20 heavy (non-hydrogen) atoms. The third-order valence-electron chi connectivity index (χ3n) is 3.22. The average Bonchev–Trinajstić information content (AvgIpc) is 2.23. The van der Waals surface area contributed by atoms with Crippen LogP contribution in [0.4, 0.5) is 4.79 Å². The second-order valence-corrected chi connectivity index (χ2v) is 7.40. The van der Waals surface area contributed by atoms with Gasteiger partial charge in [-0.1, -0.05) is 0 Å². The van der Waals surface area contributed by atoms with Crippen molar-refractivity contribution < 1.29 is 14.6 Å². The Hall–Kier alpha value is -0.810. The molecule has 0 aliphatic heterocycles. The Balaban J connectivity index is 2.35. The first-order chi connectivity index (χ1) is 9.05. The van der Waals surface area contributed by atoms with Gasteiger partial charge in [0.05, 0.1) is 5.60 Å². The summed E-state index contributed by atoms with van der Waals surface area (Å²) in [6, 6.07) is 0.494. The molecule has 3 N–H and O–H groups in total. The van der Waals surface area contributed by atoms with E-state index in [-0.39, 0.29) is 12.1 Å². The van der Waals surface area contributed by atoms with Gasteiger partial charge < -0.3 is 20.5 Å². The summed E-state index contributed by atoms with van der Waals surface area (Å²) in [5.74, 6) is 0. The lowest BCUT2D eigenvalue weighted by Gasteiger charge is -2.32. The number of hydrogen-bond acceptors (Lipinski definition) is 4. The second kappa shape index (κ2) is 6.76. The minimum atomic E-state index is -0.703. The molecule has 0 aromatic rings. The Kier molecular flexibility index (Phi) is 5.83. The van der Waals surface area contributed by atoms with Crippen LogP contribution in [-0.2, 0) is 4.74 Å². The van der Waals surface area contributed by atoms with Crippen molar-refractivity contribution in [3.63, 3.8) is 0 Å². The minimum absolute atomic E-state index is 0.151. The SMILES string of the molecule is CC(C)(O)CNC1CCCC(NC(=O)OC(C)(C)C)C1. The molecule has 1 amide bonds. The fraction of sp³-hybridized carbons (Fsp3) is 0.933. The van der Waals surface area contributed by atoms with Crippen LogP contribution in [0, 0.1) is 0 Å². The van der Waals surface area contributed by atoms with Crippen LogP contribution in [-0.4, -0.2) is 41.0 Å². The Morgan fingerprint density at radius 3 is 2.35 bits per heavy atom. The molecule has 1 aliphatic rings. The predicted molar refractivity (Wildman–Crippen MR) is 79.7 cm³/mol. The smallest absolute Gasteiger partial charge is 0.407 e. The number of nitrogens with one attached hydrogen (secondary N) is 2. The molecule has 0 spiro atoms. The highest BCUT2D eigenvalue weighted by Gasteiger charge is 2.26. The van der Waals surface area contributed by atoms with E-state index in [2.05, 4.69) is 10.6 Å². The molecule has 2 unspecified atom stereocenters. The lowest BCUT2D eigenvalue weighted by Crippen LogP contribution is -2.48. The molecule has 1 rings (SSSR count).